The van der Waals surface area contributed by atoms with Gasteiger partial charge >= 0.3 is 11.9 Å². The van der Waals surface area contributed by atoms with E-state index in [1.54, 1.807) is 38.3 Å². The number of hydrogen-bond donors (Lipinski definition) is 4. The molecule has 242 valence electrons. The molecule has 4 unspecified atom stereocenters. The molecule has 0 amide bonds. The van der Waals surface area contributed by atoms with Gasteiger partial charge in [-0.25, -0.2) is 9.59 Å². The van der Waals surface area contributed by atoms with E-state index >= 15 is 0 Å². The van der Waals surface area contributed by atoms with Gasteiger partial charge in [0.1, 0.15) is 23.4 Å². The third-order valence-electron chi connectivity index (χ3n) is 12.5. The number of ether oxygens (including phenoxy) is 2. The lowest BCUT2D eigenvalue weighted by Gasteiger charge is -2.69. The Morgan fingerprint density at radius 1 is 0.978 bits per heavy atom. The van der Waals surface area contributed by atoms with E-state index in [9.17, 15) is 30.0 Å². The topological polar surface area (TPSA) is 146 Å². The maximum atomic E-state index is 13.4. The molecule has 4 aliphatic rings. The Balaban J connectivity index is 1.39. The second-order valence-corrected chi connectivity index (χ2v) is 14.3. The standard InChI is InChI=1S/C36H45NO8/c1-23(44-31(40)25-10-7-19-37-22-25)34(41)17-18-36(43)33(34,3)29(45-30(39)12-11-24-8-5-4-6-9-24)21-28-32(2)15-14-27(38)20-26(32)13-16-35(28,36)42/h4-12,19,22-23,26-29,38,41-43H,13-18,20-21H2,1-3H3/b12-11+/t23?,26?,27?,28-,29?,32+,33-,34+,35+,36+/m1/s1. The van der Waals surface area contributed by atoms with Crippen LogP contribution in [0.15, 0.2) is 60.9 Å². The maximum absolute atomic E-state index is 13.4. The molecule has 0 bridgehead atoms. The number of esters is 2. The van der Waals surface area contributed by atoms with Gasteiger partial charge in [0.15, 0.2) is 0 Å². The molecular weight excluding hydrogens is 574 g/mol. The summed E-state index contributed by atoms with van der Waals surface area (Å²) >= 11 is 0. The highest BCUT2D eigenvalue weighted by Crippen LogP contribution is 2.72. The van der Waals surface area contributed by atoms with Crippen molar-refractivity contribution >= 4 is 18.0 Å². The first-order valence-electron chi connectivity index (χ1n) is 16.2. The summed E-state index contributed by atoms with van der Waals surface area (Å²) in [5.74, 6) is -1.64. The van der Waals surface area contributed by atoms with Crippen molar-refractivity contribution < 1.29 is 39.5 Å². The highest BCUT2D eigenvalue weighted by atomic mass is 16.6. The zero-order valence-corrected chi connectivity index (χ0v) is 26.3. The quantitative estimate of drug-likeness (QED) is 0.276. The third kappa shape index (κ3) is 4.77. The smallest absolute Gasteiger partial charge is 0.340 e. The van der Waals surface area contributed by atoms with Crippen LogP contribution in [0.2, 0.25) is 0 Å². The normalized spacial score (nSPS) is 41.4. The van der Waals surface area contributed by atoms with E-state index in [1.807, 2.05) is 30.3 Å². The van der Waals surface area contributed by atoms with Gasteiger partial charge in [0.2, 0.25) is 0 Å². The molecular formula is C36H45NO8. The Morgan fingerprint density at radius 2 is 1.73 bits per heavy atom. The minimum absolute atomic E-state index is 0.0171. The van der Waals surface area contributed by atoms with E-state index in [1.165, 1.54) is 12.3 Å². The molecule has 6 rings (SSSR count). The molecule has 45 heavy (non-hydrogen) atoms. The van der Waals surface area contributed by atoms with Gasteiger partial charge in [-0.05, 0) is 99.3 Å². The Morgan fingerprint density at radius 3 is 2.44 bits per heavy atom. The van der Waals surface area contributed by atoms with Crippen LogP contribution in [0.1, 0.15) is 88.1 Å². The average molecular weight is 620 g/mol. The van der Waals surface area contributed by atoms with Crippen LogP contribution in [0.5, 0.6) is 0 Å². The Hall–Kier alpha value is -3.11. The molecule has 4 saturated carbocycles. The lowest BCUT2D eigenvalue weighted by molar-refractivity contribution is -0.341. The molecule has 0 radical (unpaired) electrons. The fraction of sp³-hybridized carbons (Fsp3) is 0.583. The van der Waals surface area contributed by atoms with Crippen LogP contribution in [-0.2, 0) is 14.3 Å². The van der Waals surface area contributed by atoms with Crippen LogP contribution in [-0.4, -0.2) is 72.5 Å². The molecule has 4 fully saturated rings. The zero-order valence-electron chi connectivity index (χ0n) is 26.3. The Bertz CT molecular complexity index is 1450. The number of aromatic nitrogens is 1. The van der Waals surface area contributed by atoms with Crippen LogP contribution in [0.3, 0.4) is 0 Å². The van der Waals surface area contributed by atoms with Crippen molar-refractivity contribution in [3.8, 4) is 0 Å². The number of carbonyl (C=O) groups is 2. The van der Waals surface area contributed by atoms with Gasteiger partial charge in [0.05, 0.1) is 22.7 Å². The van der Waals surface area contributed by atoms with E-state index in [2.05, 4.69) is 11.9 Å². The van der Waals surface area contributed by atoms with Gasteiger partial charge in [-0.15, -0.1) is 0 Å². The number of hydrogen-bond acceptors (Lipinski definition) is 9. The average Bonchev–Trinajstić information content (AvgIpc) is 3.26. The van der Waals surface area contributed by atoms with Crippen molar-refractivity contribution in [2.24, 2.45) is 22.7 Å². The number of nitrogens with zero attached hydrogens (tertiary/aromatic N) is 1. The fourth-order valence-corrected chi connectivity index (χ4v) is 9.80. The molecule has 1 aromatic carbocycles. The number of aliphatic hydroxyl groups is 4. The summed E-state index contributed by atoms with van der Waals surface area (Å²) in [6.45, 7) is 5.37. The summed E-state index contributed by atoms with van der Waals surface area (Å²) in [5, 5.41) is 48.7. The molecule has 2 aromatic rings. The monoisotopic (exact) mass is 619 g/mol. The summed E-state index contributed by atoms with van der Waals surface area (Å²) < 4.78 is 12.0. The van der Waals surface area contributed by atoms with Crippen molar-refractivity contribution in [1.29, 1.82) is 0 Å². The highest BCUT2D eigenvalue weighted by molar-refractivity contribution is 5.89. The minimum atomic E-state index is -1.87. The van der Waals surface area contributed by atoms with Crippen molar-refractivity contribution in [3.63, 3.8) is 0 Å². The predicted molar refractivity (Wildman–Crippen MR) is 165 cm³/mol. The van der Waals surface area contributed by atoms with Gasteiger partial charge in [-0.1, -0.05) is 44.2 Å². The molecule has 9 heteroatoms. The first kappa shape index (κ1) is 31.9. The second kappa shape index (κ2) is 11.3. The van der Waals surface area contributed by atoms with E-state index in [0.29, 0.717) is 25.7 Å². The van der Waals surface area contributed by atoms with E-state index in [-0.39, 0.29) is 37.2 Å². The molecule has 0 spiro atoms. The van der Waals surface area contributed by atoms with E-state index in [0.717, 1.165) is 5.56 Å². The SMILES string of the molecule is CC(OC(=O)c1cccnc1)[C@@]1(O)CC[C@]2(O)[C@]1(C)C(OC(=O)/C=C/c1ccccc1)C[C@@H]1[C@@]3(C)CCC(O)CC3CC[C@]12O. The third-order valence-corrected chi connectivity index (χ3v) is 12.5. The van der Waals surface area contributed by atoms with E-state index < -0.39 is 63.8 Å². The van der Waals surface area contributed by atoms with Gasteiger partial charge in [-0.3, -0.25) is 4.98 Å². The number of fused-ring (bicyclic) bond motifs is 5. The Labute approximate surface area is 264 Å². The van der Waals surface area contributed by atoms with Crippen molar-refractivity contribution in [1.82, 2.24) is 4.98 Å². The first-order valence-corrected chi connectivity index (χ1v) is 16.2. The molecule has 0 saturated heterocycles. The van der Waals surface area contributed by atoms with Crippen LogP contribution < -0.4 is 0 Å². The number of carbonyl (C=O) groups excluding carboxylic acids is 2. The Kier molecular flexibility index (Phi) is 8.00. The van der Waals surface area contributed by atoms with Crippen LogP contribution in [0.4, 0.5) is 0 Å². The molecule has 4 aliphatic carbocycles. The second-order valence-electron chi connectivity index (χ2n) is 14.3. The lowest BCUT2D eigenvalue weighted by Crippen LogP contribution is -2.79. The largest absolute Gasteiger partial charge is 0.458 e. The van der Waals surface area contributed by atoms with Crippen LogP contribution in [0.25, 0.3) is 6.08 Å². The summed E-state index contributed by atoms with van der Waals surface area (Å²) in [6.07, 6.45) is 6.37. The predicted octanol–water partition coefficient (Wildman–Crippen LogP) is 4.23. The number of rotatable bonds is 6. The lowest BCUT2D eigenvalue weighted by atomic mass is 9.40. The van der Waals surface area contributed by atoms with E-state index in [4.69, 9.17) is 9.47 Å². The van der Waals surface area contributed by atoms with Crippen molar-refractivity contribution in [2.45, 2.75) is 107 Å². The minimum Gasteiger partial charge on any atom is -0.458 e. The molecule has 10 atom stereocenters. The first-order chi connectivity index (χ1) is 21.3. The highest BCUT2D eigenvalue weighted by Gasteiger charge is 2.82. The van der Waals surface area contributed by atoms with Crippen LogP contribution >= 0.6 is 0 Å². The molecule has 1 heterocycles. The summed E-state index contributed by atoms with van der Waals surface area (Å²) in [5.41, 5.74) is -6.32. The summed E-state index contributed by atoms with van der Waals surface area (Å²) in [4.78, 5) is 30.5. The number of aliphatic hydroxyl groups excluding tert-OH is 1. The fourth-order valence-electron chi connectivity index (χ4n) is 9.80. The summed E-state index contributed by atoms with van der Waals surface area (Å²) in [6, 6.07) is 12.5. The molecule has 1 aromatic heterocycles. The zero-order chi connectivity index (χ0) is 32.3. The van der Waals surface area contributed by atoms with Gasteiger partial charge in [0, 0.05) is 18.5 Å². The van der Waals surface area contributed by atoms with Gasteiger partial charge in [-0.2, -0.15) is 0 Å². The number of benzene rings is 1. The summed E-state index contributed by atoms with van der Waals surface area (Å²) in [7, 11) is 0. The van der Waals surface area contributed by atoms with Gasteiger partial charge < -0.3 is 29.9 Å². The molecule has 9 nitrogen and oxygen atoms in total. The maximum Gasteiger partial charge on any atom is 0.340 e. The number of pyridine rings is 1. The van der Waals surface area contributed by atoms with Crippen molar-refractivity contribution in [3.05, 3.63) is 72.1 Å². The van der Waals surface area contributed by atoms with Crippen molar-refractivity contribution in [2.75, 3.05) is 0 Å². The molecule has 4 N–H and O–H groups in total. The molecule has 0 aliphatic heterocycles. The van der Waals surface area contributed by atoms with Gasteiger partial charge in [0.25, 0.3) is 0 Å². The van der Waals surface area contributed by atoms with Crippen LogP contribution in [0, 0.1) is 22.7 Å².